The molecule has 0 aliphatic carbocycles. The van der Waals surface area contributed by atoms with Gasteiger partial charge in [0, 0.05) is 16.3 Å². The number of hydrogen-bond acceptors (Lipinski definition) is 2. The van der Waals surface area contributed by atoms with Crippen LogP contribution in [0, 0.1) is 0 Å². The summed E-state index contributed by atoms with van der Waals surface area (Å²) in [4.78, 5) is 1.35. The highest BCUT2D eigenvalue weighted by Gasteiger charge is 2.36. The molecule has 1 unspecified atom stereocenters. The molecule has 1 aromatic heterocycles. The second-order valence-corrected chi connectivity index (χ2v) is 7.28. The predicted molar refractivity (Wildman–Crippen MR) is 94.6 cm³/mol. The first-order valence-electron chi connectivity index (χ1n) is 7.63. The zero-order valence-electron chi connectivity index (χ0n) is 13.0. The molecule has 0 saturated carbocycles. The Bertz CT molecular complexity index is 545. The molecule has 1 heterocycles. The number of rotatable bonds is 7. The Hall–Kier alpha value is -0.830. The third-order valence-electron chi connectivity index (χ3n) is 4.66. The largest absolute Gasteiger partial charge is 0.316 e. The van der Waals surface area contributed by atoms with Crippen LogP contribution in [-0.2, 0) is 11.8 Å². The molecule has 1 N–H and O–H groups in total. The monoisotopic (exact) mass is 321 g/mol. The summed E-state index contributed by atoms with van der Waals surface area (Å²) < 4.78 is 0.873. The van der Waals surface area contributed by atoms with Crippen LogP contribution in [0.3, 0.4) is 0 Å². The van der Waals surface area contributed by atoms with Gasteiger partial charge in [0.15, 0.2) is 0 Å². The van der Waals surface area contributed by atoms with Gasteiger partial charge in [-0.1, -0.05) is 55.8 Å². The predicted octanol–water partition coefficient (Wildman–Crippen LogP) is 5.29. The first kappa shape index (κ1) is 16.5. The fourth-order valence-electron chi connectivity index (χ4n) is 3.36. The van der Waals surface area contributed by atoms with Crippen molar-refractivity contribution in [2.45, 2.75) is 44.6 Å². The van der Waals surface area contributed by atoms with E-state index in [0.29, 0.717) is 6.04 Å². The van der Waals surface area contributed by atoms with E-state index < -0.39 is 0 Å². The van der Waals surface area contributed by atoms with Gasteiger partial charge in [0.2, 0.25) is 0 Å². The van der Waals surface area contributed by atoms with Crippen LogP contribution < -0.4 is 5.32 Å². The van der Waals surface area contributed by atoms with E-state index in [1.807, 2.05) is 6.07 Å². The van der Waals surface area contributed by atoms with Crippen molar-refractivity contribution in [3.8, 4) is 0 Å². The van der Waals surface area contributed by atoms with Crippen molar-refractivity contribution in [2.75, 3.05) is 7.05 Å². The first-order chi connectivity index (χ1) is 10.2. The lowest BCUT2D eigenvalue weighted by Crippen LogP contribution is -2.47. The first-order valence-corrected chi connectivity index (χ1v) is 8.82. The van der Waals surface area contributed by atoms with E-state index in [9.17, 15) is 0 Å². The standard InChI is InChI=1S/C18H24ClNS/c1-4-18(5-2,14-9-7-6-8-10-14)16(20-3)13-15-11-12-17(19)21-15/h6-12,16,20H,4-5,13H2,1-3H3. The number of benzene rings is 1. The average molecular weight is 322 g/mol. The Kier molecular flexibility index (Phi) is 5.86. The van der Waals surface area contributed by atoms with Gasteiger partial charge in [-0.15, -0.1) is 11.3 Å². The fourth-order valence-corrected chi connectivity index (χ4v) is 4.49. The topological polar surface area (TPSA) is 12.0 Å². The maximum Gasteiger partial charge on any atom is 0.0931 e. The summed E-state index contributed by atoms with van der Waals surface area (Å²) in [6, 6.07) is 15.5. The number of nitrogens with one attached hydrogen (secondary N) is 1. The van der Waals surface area contributed by atoms with Crippen LogP contribution in [0.5, 0.6) is 0 Å². The molecule has 1 aromatic carbocycles. The van der Waals surface area contributed by atoms with Gasteiger partial charge in [-0.25, -0.2) is 0 Å². The molecule has 0 amide bonds. The maximum atomic E-state index is 6.08. The molecule has 21 heavy (non-hydrogen) atoms. The van der Waals surface area contributed by atoms with Crippen LogP contribution in [0.15, 0.2) is 42.5 Å². The lowest BCUT2D eigenvalue weighted by molar-refractivity contribution is 0.281. The summed E-state index contributed by atoms with van der Waals surface area (Å²) in [7, 11) is 2.07. The van der Waals surface area contributed by atoms with Crippen LogP contribution in [-0.4, -0.2) is 13.1 Å². The number of hydrogen-bond donors (Lipinski definition) is 1. The van der Waals surface area contributed by atoms with Crippen molar-refractivity contribution in [2.24, 2.45) is 0 Å². The summed E-state index contributed by atoms with van der Waals surface area (Å²) in [5, 5.41) is 3.56. The molecule has 0 spiro atoms. The Morgan fingerprint density at radius 3 is 2.24 bits per heavy atom. The van der Waals surface area contributed by atoms with Gasteiger partial charge in [-0.3, -0.25) is 0 Å². The molecule has 0 aliphatic rings. The summed E-state index contributed by atoms with van der Waals surface area (Å²) in [6.45, 7) is 4.59. The van der Waals surface area contributed by atoms with Crippen LogP contribution in [0.4, 0.5) is 0 Å². The van der Waals surface area contributed by atoms with Gasteiger partial charge in [0.1, 0.15) is 0 Å². The molecule has 3 heteroatoms. The molecular weight excluding hydrogens is 298 g/mol. The average Bonchev–Trinajstić information content (AvgIpc) is 2.94. The van der Waals surface area contributed by atoms with Gasteiger partial charge >= 0.3 is 0 Å². The van der Waals surface area contributed by atoms with E-state index in [0.717, 1.165) is 23.6 Å². The van der Waals surface area contributed by atoms with E-state index in [1.165, 1.54) is 10.4 Å². The van der Waals surface area contributed by atoms with Gasteiger partial charge < -0.3 is 5.32 Å². The minimum absolute atomic E-state index is 0.159. The summed E-state index contributed by atoms with van der Waals surface area (Å²) in [5.41, 5.74) is 1.59. The molecule has 2 rings (SSSR count). The van der Waals surface area contributed by atoms with Gasteiger partial charge in [0.05, 0.1) is 4.34 Å². The van der Waals surface area contributed by atoms with E-state index in [-0.39, 0.29) is 5.41 Å². The van der Waals surface area contributed by atoms with Crippen molar-refractivity contribution in [3.05, 3.63) is 57.2 Å². The molecule has 0 aliphatic heterocycles. The zero-order valence-corrected chi connectivity index (χ0v) is 14.6. The van der Waals surface area contributed by atoms with Crippen LogP contribution in [0.2, 0.25) is 4.34 Å². The molecule has 2 aromatic rings. The molecule has 0 saturated heterocycles. The molecule has 0 fully saturated rings. The Morgan fingerprint density at radius 2 is 1.76 bits per heavy atom. The van der Waals surface area contributed by atoms with Crippen molar-refractivity contribution >= 4 is 22.9 Å². The van der Waals surface area contributed by atoms with E-state index in [4.69, 9.17) is 11.6 Å². The maximum absolute atomic E-state index is 6.08. The highest BCUT2D eigenvalue weighted by atomic mass is 35.5. The molecule has 114 valence electrons. The van der Waals surface area contributed by atoms with Gasteiger partial charge in [-0.2, -0.15) is 0 Å². The minimum atomic E-state index is 0.159. The Balaban J connectivity index is 2.34. The third-order valence-corrected chi connectivity index (χ3v) is 5.91. The van der Waals surface area contributed by atoms with Crippen LogP contribution >= 0.6 is 22.9 Å². The SMILES string of the molecule is CCC(CC)(c1ccccc1)C(Cc1ccc(Cl)s1)NC. The Labute approximate surface area is 137 Å². The van der Waals surface area contributed by atoms with Gasteiger partial charge in [0.25, 0.3) is 0 Å². The smallest absolute Gasteiger partial charge is 0.0931 e. The third kappa shape index (κ3) is 3.50. The normalized spacial score (nSPS) is 13.3. The highest BCUT2D eigenvalue weighted by Crippen LogP contribution is 2.37. The molecule has 0 bridgehead atoms. The second-order valence-electron chi connectivity index (χ2n) is 5.48. The quantitative estimate of drug-likeness (QED) is 0.730. The van der Waals surface area contributed by atoms with Crippen molar-refractivity contribution in [1.82, 2.24) is 5.32 Å². The van der Waals surface area contributed by atoms with Crippen LogP contribution in [0.1, 0.15) is 37.1 Å². The van der Waals surface area contributed by atoms with E-state index >= 15 is 0 Å². The highest BCUT2D eigenvalue weighted by molar-refractivity contribution is 7.16. The molecular formula is C18H24ClNS. The lowest BCUT2D eigenvalue weighted by atomic mass is 9.69. The minimum Gasteiger partial charge on any atom is -0.316 e. The fraction of sp³-hybridized carbons (Fsp3) is 0.444. The number of thiophene rings is 1. The van der Waals surface area contributed by atoms with Crippen molar-refractivity contribution in [3.63, 3.8) is 0 Å². The second kappa shape index (κ2) is 7.44. The lowest BCUT2D eigenvalue weighted by Gasteiger charge is -2.40. The summed E-state index contributed by atoms with van der Waals surface area (Å²) >= 11 is 7.77. The van der Waals surface area contributed by atoms with Gasteiger partial charge in [-0.05, 0) is 44.0 Å². The summed E-state index contributed by atoms with van der Waals surface area (Å²) in [6.07, 6.45) is 3.26. The Morgan fingerprint density at radius 1 is 1.10 bits per heavy atom. The zero-order chi connectivity index (χ0) is 15.3. The van der Waals surface area contributed by atoms with E-state index in [2.05, 4.69) is 62.6 Å². The number of halogens is 1. The van der Waals surface area contributed by atoms with Crippen molar-refractivity contribution < 1.29 is 0 Å². The van der Waals surface area contributed by atoms with Crippen molar-refractivity contribution in [1.29, 1.82) is 0 Å². The number of likely N-dealkylation sites (N-methyl/N-ethyl adjacent to an activating group) is 1. The summed E-state index contributed by atoms with van der Waals surface area (Å²) in [5.74, 6) is 0. The molecule has 0 radical (unpaired) electrons. The van der Waals surface area contributed by atoms with E-state index in [1.54, 1.807) is 11.3 Å². The molecule has 1 nitrogen and oxygen atoms in total. The molecule has 1 atom stereocenters. The van der Waals surface area contributed by atoms with Crippen LogP contribution in [0.25, 0.3) is 0 Å².